The van der Waals surface area contributed by atoms with Crippen molar-refractivity contribution in [2.24, 2.45) is 0 Å². The average Bonchev–Trinajstić information content (AvgIpc) is 2.28. The van der Waals surface area contributed by atoms with Gasteiger partial charge >= 0.3 is 0 Å². The molecule has 17 heavy (non-hydrogen) atoms. The molecule has 2 aromatic rings. The van der Waals surface area contributed by atoms with Crippen molar-refractivity contribution in [1.82, 2.24) is 9.97 Å². The SMILES string of the molecule is N#Cc1c(-c2ccccc2O)[nH]c(=S)[nH]c1=O. The minimum atomic E-state index is -0.575. The molecule has 0 unspecified atom stereocenters. The minimum absolute atomic E-state index is 0.0275. The molecule has 0 radical (unpaired) electrons. The molecule has 0 aliphatic carbocycles. The molecule has 0 bridgehead atoms. The Morgan fingerprint density at radius 1 is 1.29 bits per heavy atom. The Morgan fingerprint density at radius 3 is 2.65 bits per heavy atom. The van der Waals surface area contributed by atoms with Crippen LogP contribution >= 0.6 is 12.2 Å². The summed E-state index contributed by atoms with van der Waals surface area (Å²) in [4.78, 5) is 16.6. The topological polar surface area (TPSA) is 92.7 Å². The third-order valence-electron chi connectivity index (χ3n) is 2.23. The number of aromatic amines is 2. The number of nitriles is 1. The maximum absolute atomic E-state index is 11.5. The van der Waals surface area contributed by atoms with E-state index in [0.717, 1.165) is 0 Å². The number of nitrogens with one attached hydrogen (secondary N) is 2. The number of nitrogens with zero attached hydrogens (tertiary/aromatic N) is 1. The number of para-hydroxylation sites is 1. The summed E-state index contributed by atoms with van der Waals surface area (Å²) in [5.41, 5.74) is -0.102. The molecule has 3 N–H and O–H groups in total. The zero-order chi connectivity index (χ0) is 12.4. The minimum Gasteiger partial charge on any atom is -0.507 e. The normalized spacial score (nSPS) is 9.82. The van der Waals surface area contributed by atoms with E-state index in [2.05, 4.69) is 9.97 Å². The van der Waals surface area contributed by atoms with Crippen molar-refractivity contribution in [3.8, 4) is 23.1 Å². The van der Waals surface area contributed by atoms with Crippen LogP contribution in [0.5, 0.6) is 5.75 Å². The quantitative estimate of drug-likeness (QED) is 0.666. The highest BCUT2D eigenvalue weighted by Gasteiger charge is 2.12. The molecule has 2 rings (SSSR count). The lowest BCUT2D eigenvalue weighted by Crippen LogP contribution is -2.13. The van der Waals surface area contributed by atoms with Crippen LogP contribution in [0.15, 0.2) is 29.1 Å². The fourth-order valence-electron chi connectivity index (χ4n) is 1.48. The van der Waals surface area contributed by atoms with Crippen LogP contribution in [0.25, 0.3) is 11.3 Å². The smallest absolute Gasteiger partial charge is 0.270 e. The van der Waals surface area contributed by atoms with Gasteiger partial charge in [-0.2, -0.15) is 5.26 Å². The van der Waals surface area contributed by atoms with Crippen LogP contribution in [0.3, 0.4) is 0 Å². The predicted octanol–water partition coefficient (Wildman–Crippen LogP) is 1.68. The standard InChI is InChI=1S/C11H7N3O2S/c12-5-7-9(13-11(17)14-10(7)16)6-3-1-2-4-8(6)15/h1-4,15H,(H2,13,14,16,17). The highest BCUT2D eigenvalue weighted by molar-refractivity contribution is 7.71. The first-order valence-corrected chi connectivity index (χ1v) is 5.09. The van der Waals surface area contributed by atoms with Crippen molar-refractivity contribution in [2.75, 3.05) is 0 Å². The first-order valence-electron chi connectivity index (χ1n) is 4.68. The number of aromatic nitrogens is 2. The molecule has 0 amide bonds. The van der Waals surface area contributed by atoms with Crippen molar-refractivity contribution in [3.63, 3.8) is 0 Å². The van der Waals surface area contributed by atoms with Crippen LogP contribution in [0.2, 0.25) is 0 Å². The number of phenolic OH excluding ortho intramolecular Hbond substituents is 1. The fourth-order valence-corrected chi connectivity index (χ4v) is 1.67. The number of aromatic hydroxyl groups is 1. The monoisotopic (exact) mass is 245 g/mol. The van der Waals surface area contributed by atoms with Gasteiger partial charge in [-0.25, -0.2) is 0 Å². The molecule has 1 aromatic carbocycles. The van der Waals surface area contributed by atoms with E-state index in [1.807, 2.05) is 0 Å². The van der Waals surface area contributed by atoms with Crippen LogP contribution in [0.1, 0.15) is 5.56 Å². The maximum Gasteiger partial charge on any atom is 0.270 e. The van der Waals surface area contributed by atoms with Crippen LogP contribution < -0.4 is 5.56 Å². The predicted molar refractivity (Wildman–Crippen MR) is 64.1 cm³/mol. The zero-order valence-corrected chi connectivity index (χ0v) is 9.34. The molecule has 0 aliphatic rings. The molecular formula is C11H7N3O2S. The number of hydrogen-bond acceptors (Lipinski definition) is 4. The molecular weight excluding hydrogens is 238 g/mol. The van der Waals surface area contributed by atoms with E-state index < -0.39 is 5.56 Å². The Kier molecular flexibility index (Phi) is 2.77. The van der Waals surface area contributed by atoms with Crippen molar-refractivity contribution in [3.05, 3.63) is 45.0 Å². The largest absolute Gasteiger partial charge is 0.507 e. The third-order valence-corrected chi connectivity index (χ3v) is 2.43. The van der Waals surface area contributed by atoms with Crippen molar-refractivity contribution in [2.45, 2.75) is 0 Å². The van der Waals surface area contributed by atoms with Gasteiger partial charge in [0, 0.05) is 5.56 Å². The van der Waals surface area contributed by atoms with Crippen molar-refractivity contribution in [1.29, 1.82) is 5.26 Å². The molecule has 0 saturated heterocycles. The van der Waals surface area contributed by atoms with Crippen LogP contribution in [0, 0.1) is 16.1 Å². The molecule has 5 nitrogen and oxygen atoms in total. The third kappa shape index (κ3) is 1.96. The first kappa shape index (κ1) is 11.1. The number of hydrogen-bond donors (Lipinski definition) is 3. The van der Waals surface area contributed by atoms with Crippen LogP contribution in [0.4, 0.5) is 0 Å². The van der Waals surface area contributed by atoms with E-state index in [0.29, 0.717) is 5.56 Å². The Morgan fingerprint density at radius 2 is 2.00 bits per heavy atom. The summed E-state index contributed by atoms with van der Waals surface area (Å²) >= 11 is 4.84. The second-order valence-corrected chi connectivity index (χ2v) is 3.70. The molecule has 84 valence electrons. The lowest BCUT2D eigenvalue weighted by molar-refractivity contribution is 0.477. The Balaban J connectivity index is 2.86. The fraction of sp³-hybridized carbons (Fsp3) is 0. The van der Waals surface area contributed by atoms with Gasteiger partial charge < -0.3 is 10.1 Å². The van der Waals surface area contributed by atoms with Gasteiger partial charge in [-0.1, -0.05) is 12.1 Å². The van der Waals surface area contributed by atoms with Crippen molar-refractivity contribution >= 4 is 12.2 Å². The second kappa shape index (κ2) is 4.23. The summed E-state index contributed by atoms with van der Waals surface area (Å²) in [5, 5.41) is 18.6. The highest BCUT2D eigenvalue weighted by Crippen LogP contribution is 2.27. The maximum atomic E-state index is 11.5. The van der Waals surface area contributed by atoms with Gasteiger partial charge in [-0.05, 0) is 24.4 Å². The number of H-pyrrole nitrogens is 2. The molecule has 0 spiro atoms. The molecule has 0 aliphatic heterocycles. The van der Waals surface area contributed by atoms with E-state index in [9.17, 15) is 9.90 Å². The van der Waals surface area contributed by atoms with E-state index in [-0.39, 0.29) is 21.8 Å². The number of phenols is 1. The van der Waals surface area contributed by atoms with Gasteiger partial charge in [0.05, 0.1) is 5.69 Å². The Labute approximate surface area is 101 Å². The summed E-state index contributed by atoms with van der Waals surface area (Å²) in [5.74, 6) is -0.0275. The Bertz CT molecular complexity index is 724. The molecule has 0 saturated carbocycles. The van der Waals surface area contributed by atoms with Gasteiger partial charge in [0.25, 0.3) is 5.56 Å². The van der Waals surface area contributed by atoms with Crippen molar-refractivity contribution < 1.29 is 5.11 Å². The summed E-state index contributed by atoms with van der Waals surface area (Å²) in [7, 11) is 0. The van der Waals surface area contributed by atoms with E-state index >= 15 is 0 Å². The van der Waals surface area contributed by atoms with E-state index in [4.69, 9.17) is 17.5 Å². The van der Waals surface area contributed by atoms with Gasteiger partial charge in [-0.15, -0.1) is 0 Å². The zero-order valence-electron chi connectivity index (χ0n) is 8.52. The lowest BCUT2D eigenvalue weighted by atomic mass is 10.1. The molecule has 6 heteroatoms. The van der Waals surface area contributed by atoms with Gasteiger partial charge in [0.1, 0.15) is 17.4 Å². The second-order valence-electron chi connectivity index (χ2n) is 3.29. The number of benzene rings is 1. The molecule has 0 atom stereocenters. The van der Waals surface area contributed by atoms with Crippen LogP contribution in [-0.4, -0.2) is 15.1 Å². The summed E-state index contributed by atoms with van der Waals surface area (Å²) in [6, 6.07) is 8.18. The van der Waals surface area contributed by atoms with E-state index in [1.165, 1.54) is 6.07 Å². The summed E-state index contributed by atoms with van der Waals surface area (Å²) in [6.45, 7) is 0. The number of rotatable bonds is 1. The summed E-state index contributed by atoms with van der Waals surface area (Å²) < 4.78 is 0.104. The summed E-state index contributed by atoms with van der Waals surface area (Å²) in [6.07, 6.45) is 0. The highest BCUT2D eigenvalue weighted by atomic mass is 32.1. The first-order chi connectivity index (χ1) is 8.13. The molecule has 1 heterocycles. The van der Waals surface area contributed by atoms with Gasteiger partial charge in [0.2, 0.25) is 0 Å². The van der Waals surface area contributed by atoms with Gasteiger partial charge in [-0.3, -0.25) is 9.78 Å². The van der Waals surface area contributed by atoms with E-state index in [1.54, 1.807) is 24.3 Å². The Hall–Kier alpha value is -2.39. The molecule has 0 fully saturated rings. The lowest BCUT2D eigenvalue weighted by Gasteiger charge is -2.05. The molecule has 1 aromatic heterocycles. The van der Waals surface area contributed by atoms with Gasteiger partial charge in [0.15, 0.2) is 4.77 Å². The average molecular weight is 245 g/mol. The van der Waals surface area contributed by atoms with Crippen LogP contribution in [-0.2, 0) is 0 Å².